The van der Waals surface area contributed by atoms with Crippen molar-refractivity contribution in [2.24, 2.45) is 0 Å². The van der Waals surface area contributed by atoms with Crippen molar-refractivity contribution in [2.45, 2.75) is 32.2 Å². The van der Waals surface area contributed by atoms with Gasteiger partial charge in [0, 0.05) is 62.2 Å². The second kappa shape index (κ2) is 7.01. The topological polar surface area (TPSA) is 59.7 Å². The van der Waals surface area contributed by atoms with Crippen LogP contribution in [0, 0.1) is 6.92 Å². The van der Waals surface area contributed by atoms with Crippen LogP contribution in [0.25, 0.3) is 0 Å². The Labute approximate surface area is 147 Å². The zero-order chi connectivity index (χ0) is 17.1. The van der Waals surface area contributed by atoms with Gasteiger partial charge in [-0.3, -0.25) is 4.98 Å². The zero-order valence-electron chi connectivity index (χ0n) is 14.4. The molecule has 0 radical (unpaired) electrons. The Bertz CT molecular complexity index is 829. The fourth-order valence-corrected chi connectivity index (χ4v) is 3.46. The highest BCUT2D eigenvalue weighted by molar-refractivity contribution is 5.32. The van der Waals surface area contributed by atoms with Crippen molar-refractivity contribution in [3.05, 3.63) is 66.3 Å². The summed E-state index contributed by atoms with van der Waals surface area (Å²) in [6, 6.07) is 6.04. The molecule has 4 heterocycles. The maximum atomic E-state index is 4.66. The number of pyridine rings is 1. The van der Waals surface area contributed by atoms with E-state index in [-0.39, 0.29) is 0 Å². The van der Waals surface area contributed by atoms with E-state index in [1.807, 2.05) is 37.8 Å². The summed E-state index contributed by atoms with van der Waals surface area (Å²) < 4.78 is 2.25. The number of rotatable bonds is 4. The Hall–Kier alpha value is -2.76. The number of nitrogens with zero attached hydrogens (tertiary/aromatic N) is 6. The molecule has 0 aromatic carbocycles. The maximum Gasteiger partial charge on any atom is 0.225 e. The third-order valence-electron chi connectivity index (χ3n) is 4.70. The molecule has 1 saturated heterocycles. The predicted molar refractivity (Wildman–Crippen MR) is 96.5 cm³/mol. The van der Waals surface area contributed by atoms with Gasteiger partial charge in [-0.15, -0.1) is 0 Å². The van der Waals surface area contributed by atoms with Crippen molar-refractivity contribution in [1.29, 1.82) is 0 Å². The molecule has 0 unspecified atom stereocenters. The van der Waals surface area contributed by atoms with Crippen molar-refractivity contribution in [3.8, 4) is 0 Å². The predicted octanol–water partition coefficient (Wildman–Crippen LogP) is 2.81. The average molecular weight is 334 g/mol. The van der Waals surface area contributed by atoms with Crippen LogP contribution < -0.4 is 4.90 Å². The van der Waals surface area contributed by atoms with E-state index in [1.165, 1.54) is 5.56 Å². The van der Waals surface area contributed by atoms with E-state index in [0.717, 1.165) is 49.9 Å². The third-order valence-corrected chi connectivity index (χ3v) is 4.70. The van der Waals surface area contributed by atoms with Gasteiger partial charge in [0.1, 0.15) is 5.82 Å². The lowest BCUT2D eigenvalue weighted by molar-refractivity contribution is 0.471. The largest absolute Gasteiger partial charge is 0.340 e. The molecule has 0 amide bonds. The van der Waals surface area contributed by atoms with E-state index in [4.69, 9.17) is 0 Å². The lowest BCUT2D eigenvalue weighted by atomic mass is 9.97. The van der Waals surface area contributed by atoms with Gasteiger partial charge in [-0.1, -0.05) is 0 Å². The summed E-state index contributed by atoms with van der Waals surface area (Å²) in [7, 11) is 0. The Balaban J connectivity index is 1.53. The summed E-state index contributed by atoms with van der Waals surface area (Å²) in [6.07, 6.45) is 11.8. The average Bonchev–Trinajstić information content (AvgIpc) is 3.11. The molecule has 0 bridgehead atoms. The Morgan fingerprint density at radius 3 is 2.80 bits per heavy atom. The summed E-state index contributed by atoms with van der Waals surface area (Å²) in [5.41, 5.74) is 2.25. The molecule has 25 heavy (non-hydrogen) atoms. The highest BCUT2D eigenvalue weighted by atomic mass is 15.3. The lowest BCUT2D eigenvalue weighted by Crippen LogP contribution is -2.36. The highest BCUT2D eigenvalue weighted by Gasteiger charge is 2.26. The first kappa shape index (κ1) is 15.7. The molecule has 0 spiro atoms. The monoisotopic (exact) mass is 334 g/mol. The first-order chi connectivity index (χ1) is 12.3. The molecule has 0 aliphatic carbocycles. The summed E-state index contributed by atoms with van der Waals surface area (Å²) in [6.45, 7) is 4.76. The van der Waals surface area contributed by atoms with Crippen molar-refractivity contribution in [3.63, 3.8) is 0 Å². The van der Waals surface area contributed by atoms with Crippen LogP contribution in [-0.4, -0.2) is 37.6 Å². The number of aromatic nitrogens is 5. The van der Waals surface area contributed by atoms with Crippen LogP contribution >= 0.6 is 0 Å². The number of hydrogen-bond acceptors (Lipinski definition) is 5. The number of hydrogen-bond donors (Lipinski definition) is 0. The second-order valence-electron chi connectivity index (χ2n) is 6.55. The summed E-state index contributed by atoms with van der Waals surface area (Å²) in [5, 5.41) is 0. The SMILES string of the molecule is Cc1ccnc(N2CCC[C@@H](c3nccn3Cc3ccncc3)C2)n1. The zero-order valence-corrected chi connectivity index (χ0v) is 14.4. The van der Waals surface area contributed by atoms with Crippen LogP contribution in [0.1, 0.15) is 35.8 Å². The minimum absolute atomic E-state index is 0.398. The third kappa shape index (κ3) is 3.52. The molecule has 1 aliphatic rings. The summed E-state index contributed by atoms with van der Waals surface area (Å²) >= 11 is 0. The summed E-state index contributed by atoms with van der Waals surface area (Å²) in [5.74, 6) is 2.38. The number of imidazole rings is 1. The molecule has 1 aliphatic heterocycles. The van der Waals surface area contributed by atoms with Gasteiger partial charge in [-0.25, -0.2) is 15.0 Å². The van der Waals surface area contributed by atoms with E-state index >= 15 is 0 Å². The fraction of sp³-hybridized carbons (Fsp3) is 0.368. The van der Waals surface area contributed by atoms with E-state index in [0.29, 0.717) is 5.92 Å². The van der Waals surface area contributed by atoms with Crippen LogP contribution in [-0.2, 0) is 6.54 Å². The van der Waals surface area contributed by atoms with Crippen molar-refractivity contribution in [1.82, 2.24) is 24.5 Å². The van der Waals surface area contributed by atoms with Crippen molar-refractivity contribution in [2.75, 3.05) is 18.0 Å². The number of piperidine rings is 1. The van der Waals surface area contributed by atoms with Crippen molar-refractivity contribution < 1.29 is 0 Å². The number of aryl methyl sites for hydroxylation is 1. The Morgan fingerprint density at radius 2 is 1.96 bits per heavy atom. The molecule has 6 heteroatoms. The molecule has 6 nitrogen and oxygen atoms in total. The molecular weight excluding hydrogens is 312 g/mol. The van der Waals surface area contributed by atoms with E-state index in [9.17, 15) is 0 Å². The molecule has 1 atom stereocenters. The minimum Gasteiger partial charge on any atom is -0.340 e. The van der Waals surface area contributed by atoms with Crippen LogP contribution in [0.15, 0.2) is 49.2 Å². The van der Waals surface area contributed by atoms with Crippen LogP contribution in [0.5, 0.6) is 0 Å². The van der Waals surface area contributed by atoms with Crippen LogP contribution in [0.4, 0.5) is 5.95 Å². The second-order valence-corrected chi connectivity index (χ2v) is 6.55. The van der Waals surface area contributed by atoms with Gasteiger partial charge in [0.25, 0.3) is 0 Å². The minimum atomic E-state index is 0.398. The molecular formula is C19H22N6. The standard InChI is InChI=1S/C19H22N6/c1-15-4-9-22-19(23-15)25-11-2-3-17(14-25)18-21-10-12-24(18)13-16-5-7-20-8-6-16/h4-10,12,17H,2-3,11,13-14H2,1H3/t17-/m1/s1. The van der Waals surface area contributed by atoms with Crippen molar-refractivity contribution >= 4 is 5.95 Å². The van der Waals surface area contributed by atoms with Gasteiger partial charge in [0.15, 0.2) is 0 Å². The molecule has 3 aromatic heterocycles. The Kier molecular flexibility index (Phi) is 4.41. The molecule has 0 N–H and O–H groups in total. The normalized spacial score (nSPS) is 17.6. The smallest absolute Gasteiger partial charge is 0.225 e. The first-order valence-electron chi connectivity index (χ1n) is 8.74. The molecule has 0 saturated carbocycles. The lowest BCUT2D eigenvalue weighted by Gasteiger charge is -2.32. The summed E-state index contributed by atoms with van der Waals surface area (Å²) in [4.78, 5) is 20.1. The molecule has 1 fully saturated rings. The van der Waals surface area contributed by atoms with Gasteiger partial charge in [-0.05, 0) is 43.5 Å². The van der Waals surface area contributed by atoms with E-state index in [1.54, 1.807) is 0 Å². The molecule has 128 valence electrons. The highest BCUT2D eigenvalue weighted by Crippen LogP contribution is 2.28. The van der Waals surface area contributed by atoms with Crippen LogP contribution in [0.2, 0.25) is 0 Å². The molecule has 4 rings (SSSR count). The van der Waals surface area contributed by atoms with Gasteiger partial charge < -0.3 is 9.47 Å². The van der Waals surface area contributed by atoms with Gasteiger partial charge >= 0.3 is 0 Å². The Morgan fingerprint density at radius 1 is 1.08 bits per heavy atom. The number of anilines is 1. The van der Waals surface area contributed by atoms with Gasteiger partial charge in [0.2, 0.25) is 5.95 Å². The van der Waals surface area contributed by atoms with Gasteiger partial charge in [0.05, 0.1) is 0 Å². The fourth-order valence-electron chi connectivity index (χ4n) is 3.46. The first-order valence-corrected chi connectivity index (χ1v) is 8.74. The van der Waals surface area contributed by atoms with E-state index < -0.39 is 0 Å². The van der Waals surface area contributed by atoms with E-state index in [2.05, 4.69) is 47.7 Å². The molecule has 3 aromatic rings. The van der Waals surface area contributed by atoms with Crippen LogP contribution in [0.3, 0.4) is 0 Å². The quantitative estimate of drug-likeness (QED) is 0.734. The maximum absolute atomic E-state index is 4.66. The van der Waals surface area contributed by atoms with Gasteiger partial charge in [-0.2, -0.15) is 0 Å².